The fourth-order valence-corrected chi connectivity index (χ4v) is 3.49. The van der Waals surface area contributed by atoms with Gasteiger partial charge in [0, 0.05) is 13.1 Å². The molecule has 0 atom stereocenters. The molecule has 0 radical (unpaired) electrons. The Kier molecular flexibility index (Phi) is 4.97. The summed E-state index contributed by atoms with van der Waals surface area (Å²) in [5, 5.41) is 22.7. The van der Waals surface area contributed by atoms with Gasteiger partial charge in [-0.25, -0.2) is 0 Å². The molecule has 25 heavy (non-hydrogen) atoms. The second kappa shape index (κ2) is 7.34. The highest BCUT2D eigenvalue weighted by molar-refractivity contribution is 7.80. The minimum atomic E-state index is -0.446. The van der Waals surface area contributed by atoms with Gasteiger partial charge in [0.1, 0.15) is 6.07 Å². The number of para-hydroxylation sites is 1. The first-order valence-corrected chi connectivity index (χ1v) is 8.61. The van der Waals surface area contributed by atoms with Crippen molar-refractivity contribution in [2.45, 2.75) is 18.3 Å². The molecule has 0 spiro atoms. The summed E-state index contributed by atoms with van der Waals surface area (Å²) < 4.78 is 0. The van der Waals surface area contributed by atoms with Crippen LogP contribution in [0.5, 0.6) is 0 Å². The summed E-state index contributed by atoms with van der Waals surface area (Å²) in [6, 6.07) is 22.0. The number of piperidine rings is 1. The van der Waals surface area contributed by atoms with Crippen molar-refractivity contribution in [3.63, 3.8) is 0 Å². The molecule has 0 amide bonds. The number of hydrogen-bond donors (Lipinski definition) is 1. The highest BCUT2D eigenvalue weighted by Gasteiger charge is 2.37. The van der Waals surface area contributed by atoms with Gasteiger partial charge in [0.25, 0.3) is 0 Å². The lowest BCUT2D eigenvalue weighted by molar-refractivity contribution is 0.272. The standard InChI is InChI=1S/C20H18N4S/c21-14-16-6-4-5-9-18(16)23-19(25)24-12-10-20(15-22,11-13-24)17-7-2-1-3-8-17/h1-9H,10-13H2,(H,23,25). The molecule has 4 nitrogen and oxygen atoms in total. The smallest absolute Gasteiger partial charge is 0.173 e. The molecule has 1 saturated heterocycles. The number of nitrogens with one attached hydrogen (secondary N) is 1. The molecule has 124 valence electrons. The fraction of sp³-hybridized carbons (Fsp3) is 0.250. The Labute approximate surface area is 153 Å². The third kappa shape index (κ3) is 3.47. The molecule has 0 aliphatic carbocycles. The number of benzene rings is 2. The summed E-state index contributed by atoms with van der Waals surface area (Å²) in [6.45, 7) is 1.42. The van der Waals surface area contributed by atoms with Gasteiger partial charge in [-0.15, -0.1) is 0 Å². The van der Waals surface area contributed by atoms with E-state index in [1.807, 2.05) is 48.5 Å². The molecule has 0 aromatic heterocycles. The van der Waals surface area contributed by atoms with E-state index in [0.717, 1.165) is 24.1 Å². The molecule has 0 saturated carbocycles. The molecule has 1 fully saturated rings. The van der Waals surface area contributed by atoms with E-state index in [4.69, 9.17) is 12.2 Å². The molecule has 0 unspecified atom stereocenters. The largest absolute Gasteiger partial charge is 0.349 e. The van der Waals surface area contributed by atoms with Gasteiger partial charge in [-0.05, 0) is 42.8 Å². The first-order chi connectivity index (χ1) is 12.2. The highest BCUT2D eigenvalue weighted by atomic mass is 32.1. The normalized spacial score (nSPS) is 15.7. The van der Waals surface area contributed by atoms with Gasteiger partial charge in [-0.1, -0.05) is 42.5 Å². The predicted octanol–water partition coefficient (Wildman–Crippen LogP) is 3.81. The maximum atomic E-state index is 9.77. The van der Waals surface area contributed by atoms with Gasteiger partial charge in [-0.3, -0.25) is 0 Å². The zero-order chi connectivity index (χ0) is 17.7. The molecule has 2 aromatic rings. The predicted molar refractivity (Wildman–Crippen MR) is 102 cm³/mol. The zero-order valence-corrected chi connectivity index (χ0v) is 14.6. The van der Waals surface area contributed by atoms with Crippen molar-refractivity contribution in [3.8, 4) is 12.1 Å². The Bertz CT molecular complexity index is 840. The van der Waals surface area contributed by atoms with Gasteiger partial charge in [0.2, 0.25) is 0 Å². The van der Waals surface area contributed by atoms with E-state index in [9.17, 15) is 10.5 Å². The van der Waals surface area contributed by atoms with Crippen molar-refractivity contribution in [2.24, 2.45) is 0 Å². The summed E-state index contributed by atoms with van der Waals surface area (Å²) in [7, 11) is 0. The Hall–Kier alpha value is -2.89. The number of anilines is 1. The average Bonchev–Trinajstić information content (AvgIpc) is 2.69. The van der Waals surface area contributed by atoms with E-state index >= 15 is 0 Å². The van der Waals surface area contributed by atoms with E-state index in [1.54, 1.807) is 6.07 Å². The molecule has 1 N–H and O–H groups in total. The van der Waals surface area contributed by atoms with Crippen LogP contribution in [0.25, 0.3) is 0 Å². The molecular weight excluding hydrogens is 328 g/mol. The highest BCUT2D eigenvalue weighted by Crippen LogP contribution is 2.35. The first-order valence-electron chi connectivity index (χ1n) is 8.20. The number of nitrogens with zero attached hydrogens (tertiary/aromatic N) is 3. The van der Waals surface area contributed by atoms with Crippen LogP contribution >= 0.6 is 12.2 Å². The number of rotatable bonds is 2. The van der Waals surface area contributed by atoms with Gasteiger partial charge >= 0.3 is 0 Å². The van der Waals surface area contributed by atoms with Crippen molar-refractivity contribution in [1.29, 1.82) is 10.5 Å². The third-order valence-corrected chi connectivity index (χ3v) is 5.09. The molecule has 1 heterocycles. The van der Waals surface area contributed by atoms with E-state index in [2.05, 4.69) is 22.4 Å². The monoisotopic (exact) mass is 346 g/mol. The summed E-state index contributed by atoms with van der Waals surface area (Å²) in [5.41, 5.74) is 1.91. The summed E-state index contributed by atoms with van der Waals surface area (Å²) in [4.78, 5) is 2.07. The zero-order valence-electron chi connectivity index (χ0n) is 13.8. The van der Waals surface area contributed by atoms with Gasteiger partial charge in [0.05, 0.1) is 22.7 Å². The molecule has 0 bridgehead atoms. The Balaban J connectivity index is 1.69. The minimum absolute atomic E-state index is 0.446. The van der Waals surface area contributed by atoms with E-state index in [1.165, 1.54) is 0 Å². The van der Waals surface area contributed by atoms with Crippen LogP contribution < -0.4 is 5.32 Å². The number of nitriles is 2. The summed E-state index contributed by atoms with van der Waals surface area (Å²) in [5.74, 6) is 0. The van der Waals surface area contributed by atoms with Crippen LogP contribution in [-0.4, -0.2) is 23.1 Å². The van der Waals surface area contributed by atoms with Crippen LogP contribution in [0.4, 0.5) is 5.69 Å². The third-order valence-electron chi connectivity index (χ3n) is 4.73. The van der Waals surface area contributed by atoms with E-state index < -0.39 is 5.41 Å². The van der Waals surface area contributed by atoms with Crippen molar-refractivity contribution < 1.29 is 0 Å². The second-order valence-corrected chi connectivity index (χ2v) is 6.52. The second-order valence-electron chi connectivity index (χ2n) is 6.13. The number of thiocarbonyl (C=S) groups is 1. The maximum Gasteiger partial charge on any atom is 0.173 e. The average molecular weight is 346 g/mol. The number of hydrogen-bond acceptors (Lipinski definition) is 3. The van der Waals surface area contributed by atoms with Gasteiger partial charge in [-0.2, -0.15) is 10.5 Å². The lowest BCUT2D eigenvalue weighted by Gasteiger charge is -2.38. The molecule has 1 aliphatic rings. The van der Waals surface area contributed by atoms with Gasteiger partial charge < -0.3 is 10.2 Å². The maximum absolute atomic E-state index is 9.77. The van der Waals surface area contributed by atoms with Gasteiger partial charge in [0.15, 0.2) is 5.11 Å². The van der Waals surface area contributed by atoms with Crippen LogP contribution in [0.15, 0.2) is 54.6 Å². The fourth-order valence-electron chi connectivity index (χ4n) is 3.20. The number of likely N-dealkylation sites (tertiary alicyclic amines) is 1. The van der Waals surface area contributed by atoms with Crippen LogP contribution in [0.3, 0.4) is 0 Å². The van der Waals surface area contributed by atoms with Crippen molar-refractivity contribution in [2.75, 3.05) is 18.4 Å². The molecular formula is C20H18N4S. The molecule has 1 aliphatic heterocycles. The van der Waals surface area contributed by atoms with Crippen molar-refractivity contribution in [1.82, 2.24) is 4.90 Å². The van der Waals surface area contributed by atoms with Crippen LogP contribution in [0, 0.1) is 22.7 Å². The van der Waals surface area contributed by atoms with Crippen LogP contribution in [-0.2, 0) is 5.41 Å². The Morgan fingerprint density at radius 1 is 1.00 bits per heavy atom. The Morgan fingerprint density at radius 2 is 1.64 bits per heavy atom. The summed E-state index contributed by atoms with van der Waals surface area (Å²) >= 11 is 5.51. The van der Waals surface area contributed by atoms with Crippen molar-refractivity contribution in [3.05, 3.63) is 65.7 Å². The quantitative estimate of drug-likeness (QED) is 0.838. The van der Waals surface area contributed by atoms with Crippen molar-refractivity contribution >= 4 is 23.0 Å². The SMILES string of the molecule is N#Cc1ccccc1NC(=S)N1CCC(C#N)(c2ccccc2)CC1. The van der Waals surface area contributed by atoms with Crippen LogP contribution in [0.1, 0.15) is 24.0 Å². The van der Waals surface area contributed by atoms with E-state index in [-0.39, 0.29) is 0 Å². The Morgan fingerprint density at radius 3 is 2.28 bits per heavy atom. The minimum Gasteiger partial charge on any atom is -0.349 e. The first kappa shape index (κ1) is 17.0. The lowest BCUT2D eigenvalue weighted by Crippen LogP contribution is -2.46. The topological polar surface area (TPSA) is 62.9 Å². The summed E-state index contributed by atoms with van der Waals surface area (Å²) in [6.07, 6.45) is 1.46. The molecule has 3 rings (SSSR count). The van der Waals surface area contributed by atoms with Crippen LogP contribution in [0.2, 0.25) is 0 Å². The van der Waals surface area contributed by atoms with E-state index in [0.29, 0.717) is 23.8 Å². The molecule has 2 aromatic carbocycles. The lowest BCUT2D eigenvalue weighted by atomic mass is 9.74. The molecule has 5 heteroatoms.